The number of para-hydroxylation sites is 2. The molecule has 0 bridgehead atoms. The second-order valence-corrected chi connectivity index (χ2v) is 15.0. The molecule has 8 rings (SSSR count). The number of alkyl halides is 6. The Morgan fingerprint density at radius 1 is 0.717 bits per heavy atom. The molecule has 3 atom stereocenters. The molecule has 0 spiro atoms. The summed E-state index contributed by atoms with van der Waals surface area (Å²) >= 11 is 1.39. The van der Waals surface area contributed by atoms with Crippen molar-refractivity contribution in [2.45, 2.75) is 36.7 Å². The van der Waals surface area contributed by atoms with E-state index in [4.69, 9.17) is 4.98 Å². The molecule has 304 valence electrons. The van der Waals surface area contributed by atoms with Crippen molar-refractivity contribution >= 4 is 66.5 Å². The average Bonchev–Trinajstić information content (AvgIpc) is 3.91. The zero-order valence-corrected chi connectivity index (χ0v) is 31.8. The summed E-state index contributed by atoms with van der Waals surface area (Å²) in [6, 6.07) is 30.7. The van der Waals surface area contributed by atoms with Gasteiger partial charge in [-0.15, -0.1) is 0 Å². The lowest BCUT2D eigenvalue weighted by Crippen LogP contribution is -2.40. The van der Waals surface area contributed by atoms with Gasteiger partial charge in [0.25, 0.3) is 0 Å². The summed E-state index contributed by atoms with van der Waals surface area (Å²) in [5, 5.41) is 8.09. The zero-order valence-electron chi connectivity index (χ0n) is 31.0. The summed E-state index contributed by atoms with van der Waals surface area (Å²) in [7, 11) is 0. The molecule has 0 saturated carbocycles. The largest absolute Gasteiger partial charge is 0.404 e. The van der Waals surface area contributed by atoms with Gasteiger partial charge in [0.2, 0.25) is 17.7 Å². The lowest BCUT2D eigenvalue weighted by atomic mass is 9.95. The van der Waals surface area contributed by atoms with E-state index < -0.39 is 54.4 Å². The molecule has 9 nitrogen and oxygen atoms in total. The van der Waals surface area contributed by atoms with Gasteiger partial charge in [-0.2, -0.15) is 26.3 Å². The van der Waals surface area contributed by atoms with Crippen molar-refractivity contribution in [2.24, 2.45) is 0 Å². The van der Waals surface area contributed by atoms with E-state index in [1.54, 1.807) is 30.5 Å². The van der Waals surface area contributed by atoms with E-state index in [1.807, 2.05) is 28.7 Å². The van der Waals surface area contributed by atoms with Gasteiger partial charge in [-0.25, -0.2) is 4.98 Å². The number of hydrogen-bond donors (Lipinski definition) is 4. The van der Waals surface area contributed by atoms with Crippen LogP contribution in [0.4, 0.5) is 37.7 Å². The summed E-state index contributed by atoms with van der Waals surface area (Å²) in [6.45, 7) is 0. The number of amides is 3. The standard InChI is InChI=1S/C44H32F6N6O3S/c45-43(46,47)38(25-11-3-1-4-12-25)40(58)53-32-21-27(19-20-29(32)34-24-56-35-17-9-10-18-36(35)60-42(56)55-34)52-37(57)22-33(30-23-51-31-16-8-7-15-28(30)31)54-41(59)39(44(48,49)50)26-13-5-2-6-14-26/h1-21,23-24,33,38-39,51H,22H2,(H,52,57)(H,53,58)(H,54,59). The fraction of sp³-hybridized carbons (Fsp3) is 0.136. The summed E-state index contributed by atoms with van der Waals surface area (Å²) in [6.07, 6.45) is -7.30. The van der Waals surface area contributed by atoms with E-state index in [9.17, 15) is 40.7 Å². The Hall–Kier alpha value is -6.94. The SMILES string of the molecule is O=C(CC(NC(=O)C(c1ccccc1)C(F)(F)F)c1c[nH]c2ccccc12)Nc1ccc(-c2cn3c(n2)sc2ccccc23)c(NC(=O)C(c2ccccc2)C(F)(F)F)c1. The van der Waals surface area contributed by atoms with Crippen LogP contribution in [0.2, 0.25) is 0 Å². The first-order valence-electron chi connectivity index (χ1n) is 18.5. The van der Waals surface area contributed by atoms with Crippen molar-refractivity contribution in [3.8, 4) is 11.3 Å². The maximum absolute atomic E-state index is 14.5. The lowest BCUT2D eigenvalue weighted by Gasteiger charge is -2.24. The number of rotatable bonds is 11. The Kier molecular flexibility index (Phi) is 10.6. The van der Waals surface area contributed by atoms with Crippen molar-refractivity contribution in [2.75, 3.05) is 10.6 Å². The van der Waals surface area contributed by atoms with Crippen molar-refractivity contribution in [1.29, 1.82) is 0 Å². The summed E-state index contributed by atoms with van der Waals surface area (Å²) in [5.41, 5.74) is 1.73. The van der Waals surface area contributed by atoms with Crippen LogP contribution in [0.1, 0.15) is 41.0 Å². The number of benzene rings is 5. The topological polar surface area (TPSA) is 120 Å². The molecule has 3 heterocycles. The van der Waals surface area contributed by atoms with E-state index in [0.717, 1.165) is 10.2 Å². The molecule has 0 radical (unpaired) electrons. The minimum Gasteiger partial charge on any atom is -0.361 e. The first-order valence-corrected chi connectivity index (χ1v) is 19.3. The van der Waals surface area contributed by atoms with Crippen LogP contribution in [0.25, 0.3) is 37.3 Å². The molecular weight excluding hydrogens is 807 g/mol. The number of aromatic nitrogens is 3. The Bertz CT molecular complexity index is 2850. The number of aromatic amines is 1. The number of carbonyl (C=O) groups excluding carboxylic acids is 3. The Morgan fingerprint density at radius 2 is 1.33 bits per heavy atom. The number of halogens is 6. The van der Waals surface area contributed by atoms with E-state index in [2.05, 4.69) is 20.9 Å². The molecule has 16 heteroatoms. The molecule has 3 aromatic heterocycles. The van der Waals surface area contributed by atoms with Crippen molar-refractivity contribution < 1.29 is 40.7 Å². The highest BCUT2D eigenvalue weighted by Gasteiger charge is 2.47. The maximum Gasteiger partial charge on any atom is 0.404 e. The van der Waals surface area contributed by atoms with Gasteiger partial charge in [0.05, 0.1) is 34.1 Å². The predicted octanol–water partition coefficient (Wildman–Crippen LogP) is 10.5. The van der Waals surface area contributed by atoms with Gasteiger partial charge in [0.1, 0.15) is 0 Å². The minimum absolute atomic E-state index is 0.0373. The second kappa shape index (κ2) is 16.0. The molecule has 8 aromatic rings. The van der Waals surface area contributed by atoms with Crippen molar-refractivity contribution in [3.05, 3.63) is 156 Å². The van der Waals surface area contributed by atoms with Crippen LogP contribution in [0.15, 0.2) is 140 Å². The first-order chi connectivity index (χ1) is 28.7. The number of hydrogen-bond acceptors (Lipinski definition) is 5. The van der Waals surface area contributed by atoms with Crippen LogP contribution >= 0.6 is 11.3 Å². The van der Waals surface area contributed by atoms with Crippen LogP contribution in [0.3, 0.4) is 0 Å². The van der Waals surface area contributed by atoms with Crippen molar-refractivity contribution in [1.82, 2.24) is 19.7 Å². The number of anilines is 2. The predicted molar refractivity (Wildman–Crippen MR) is 218 cm³/mol. The highest BCUT2D eigenvalue weighted by Crippen LogP contribution is 2.40. The highest BCUT2D eigenvalue weighted by molar-refractivity contribution is 7.23. The monoisotopic (exact) mass is 838 g/mol. The van der Waals surface area contributed by atoms with E-state index in [-0.39, 0.29) is 28.1 Å². The van der Waals surface area contributed by atoms with E-state index >= 15 is 0 Å². The Morgan fingerprint density at radius 3 is 2.02 bits per heavy atom. The molecule has 0 aliphatic heterocycles. The number of carbonyl (C=O) groups is 3. The lowest BCUT2D eigenvalue weighted by molar-refractivity contribution is -0.166. The summed E-state index contributed by atoms with van der Waals surface area (Å²) in [5.74, 6) is -8.61. The van der Waals surface area contributed by atoms with Gasteiger partial charge in [-0.3, -0.25) is 18.8 Å². The fourth-order valence-corrected chi connectivity index (χ4v) is 8.28. The summed E-state index contributed by atoms with van der Waals surface area (Å²) < 4.78 is 89.5. The third-order valence-corrected chi connectivity index (χ3v) is 11.0. The number of fused-ring (bicyclic) bond motifs is 4. The number of imidazole rings is 1. The Labute approximate surface area is 341 Å². The molecule has 60 heavy (non-hydrogen) atoms. The molecule has 0 fully saturated rings. The average molecular weight is 839 g/mol. The Balaban J connectivity index is 1.13. The quantitative estimate of drug-likeness (QED) is 0.0970. The van der Waals surface area contributed by atoms with Crippen molar-refractivity contribution in [3.63, 3.8) is 0 Å². The van der Waals surface area contributed by atoms with Gasteiger partial charge in [0, 0.05) is 40.1 Å². The van der Waals surface area contributed by atoms with Crippen LogP contribution in [-0.4, -0.2) is 44.4 Å². The molecule has 3 amide bonds. The van der Waals surface area contributed by atoms with Gasteiger partial charge < -0.3 is 20.9 Å². The van der Waals surface area contributed by atoms with E-state index in [0.29, 0.717) is 27.1 Å². The molecule has 4 N–H and O–H groups in total. The van der Waals surface area contributed by atoms with Gasteiger partial charge in [-0.05, 0) is 47.5 Å². The third kappa shape index (κ3) is 8.18. The zero-order chi connectivity index (χ0) is 42.2. The van der Waals surface area contributed by atoms with Crippen LogP contribution in [0.5, 0.6) is 0 Å². The first kappa shape index (κ1) is 39.9. The number of nitrogens with zero attached hydrogens (tertiary/aromatic N) is 2. The molecule has 3 unspecified atom stereocenters. The molecule has 5 aromatic carbocycles. The summed E-state index contributed by atoms with van der Waals surface area (Å²) in [4.78, 5) is 49.3. The fourth-order valence-electron chi connectivity index (χ4n) is 7.27. The van der Waals surface area contributed by atoms with Crippen LogP contribution in [-0.2, 0) is 14.4 Å². The molecule has 0 aliphatic rings. The third-order valence-electron chi connectivity index (χ3n) is 9.98. The molecular formula is C44H32F6N6O3S. The smallest absolute Gasteiger partial charge is 0.361 e. The number of thiazole rings is 1. The maximum atomic E-state index is 14.5. The van der Waals surface area contributed by atoms with E-state index in [1.165, 1.54) is 96.4 Å². The van der Waals surface area contributed by atoms with Gasteiger partial charge in [0.15, 0.2) is 16.8 Å². The highest BCUT2D eigenvalue weighted by atomic mass is 32.1. The normalized spacial score (nSPS) is 13.6. The second-order valence-electron chi connectivity index (χ2n) is 14.0. The number of nitrogens with one attached hydrogen (secondary N) is 4. The minimum atomic E-state index is -4.97. The van der Waals surface area contributed by atoms with Crippen LogP contribution < -0.4 is 16.0 Å². The molecule has 0 saturated heterocycles. The van der Waals surface area contributed by atoms with Gasteiger partial charge >= 0.3 is 12.4 Å². The number of H-pyrrole nitrogens is 1. The van der Waals surface area contributed by atoms with Gasteiger partial charge in [-0.1, -0.05) is 102 Å². The molecule has 0 aliphatic carbocycles. The van der Waals surface area contributed by atoms with Crippen LogP contribution in [0, 0.1) is 0 Å².